The van der Waals surface area contributed by atoms with Crippen LogP contribution in [-0.2, 0) is 11.3 Å². The normalized spacial score (nSPS) is 16.0. The number of para-hydroxylation sites is 1. The summed E-state index contributed by atoms with van der Waals surface area (Å²) in [6, 6.07) is 5.98. The van der Waals surface area contributed by atoms with Gasteiger partial charge in [-0.25, -0.2) is 4.79 Å². The number of nitrogens with one attached hydrogen (secondary N) is 1. The van der Waals surface area contributed by atoms with Crippen LogP contribution >= 0.6 is 15.9 Å². The van der Waals surface area contributed by atoms with Crippen molar-refractivity contribution >= 4 is 22.0 Å². The number of phenolic OH excluding ortho intramolecular Hbond substituents is 1. The van der Waals surface area contributed by atoms with E-state index in [1.807, 2.05) is 25.1 Å². The summed E-state index contributed by atoms with van der Waals surface area (Å²) < 4.78 is 5.71. The van der Waals surface area contributed by atoms with Crippen molar-refractivity contribution in [1.29, 1.82) is 0 Å². The first-order valence-corrected chi connectivity index (χ1v) is 8.02. The summed E-state index contributed by atoms with van der Waals surface area (Å²) in [6.45, 7) is 4.27. The summed E-state index contributed by atoms with van der Waals surface area (Å²) in [7, 11) is 0. The third-order valence-electron chi connectivity index (χ3n) is 3.67. The van der Waals surface area contributed by atoms with Gasteiger partial charge in [0.2, 0.25) is 0 Å². The molecule has 0 bridgehead atoms. The number of phenols is 1. The number of ether oxygens (including phenoxy) is 1. The van der Waals surface area contributed by atoms with Gasteiger partial charge in [0.25, 0.3) is 0 Å². The van der Waals surface area contributed by atoms with Crippen LogP contribution in [0.4, 0.5) is 4.79 Å². The average Bonchev–Trinajstić information content (AvgIpc) is 2.49. The number of carbonyl (C=O) groups is 1. The Morgan fingerprint density at radius 1 is 1.48 bits per heavy atom. The number of hydrogen-bond acceptors (Lipinski definition) is 4. The quantitative estimate of drug-likeness (QED) is 0.870. The lowest BCUT2D eigenvalue weighted by Gasteiger charge is -2.31. The van der Waals surface area contributed by atoms with E-state index in [4.69, 9.17) is 4.74 Å². The second kappa shape index (κ2) is 7.66. The highest BCUT2D eigenvalue weighted by molar-refractivity contribution is 9.10. The Morgan fingerprint density at radius 3 is 2.86 bits per heavy atom. The Hall–Kier alpha value is -1.27. The number of benzene rings is 1. The molecule has 0 atom stereocenters. The van der Waals surface area contributed by atoms with E-state index in [0.29, 0.717) is 36.8 Å². The van der Waals surface area contributed by atoms with E-state index in [-0.39, 0.29) is 11.8 Å². The van der Waals surface area contributed by atoms with Gasteiger partial charge in [0.05, 0.1) is 11.1 Å². The first-order valence-electron chi connectivity index (χ1n) is 7.23. The SMILES string of the molecule is CCOC(=O)N1CCC(NCc2cccc(Br)c2O)CC1. The zero-order chi connectivity index (χ0) is 15.2. The highest BCUT2D eigenvalue weighted by Gasteiger charge is 2.23. The van der Waals surface area contributed by atoms with Crippen molar-refractivity contribution in [2.75, 3.05) is 19.7 Å². The van der Waals surface area contributed by atoms with Gasteiger partial charge >= 0.3 is 6.09 Å². The summed E-state index contributed by atoms with van der Waals surface area (Å²) in [4.78, 5) is 13.4. The van der Waals surface area contributed by atoms with E-state index in [1.165, 1.54) is 0 Å². The molecule has 0 unspecified atom stereocenters. The van der Waals surface area contributed by atoms with Gasteiger partial charge < -0.3 is 20.1 Å². The monoisotopic (exact) mass is 356 g/mol. The minimum absolute atomic E-state index is 0.222. The van der Waals surface area contributed by atoms with Crippen molar-refractivity contribution in [2.24, 2.45) is 0 Å². The molecular formula is C15H21BrN2O3. The molecule has 1 saturated heterocycles. The lowest BCUT2D eigenvalue weighted by molar-refractivity contribution is 0.0950. The summed E-state index contributed by atoms with van der Waals surface area (Å²) in [5.74, 6) is 0.286. The van der Waals surface area contributed by atoms with Crippen LogP contribution in [0.3, 0.4) is 0 Å². The molecule has 21 heavy (non-hydrogen) atoms. The van der Waals surface area contributed by atoms with E-state index in [9.17, 15) is 9.90 Å². The molecule has 1 amide bonds. The number of amides is 1. The van der Waals surface area contributed by atoms with E-state index < -0.39 is 0 Å². The number of rotatable bonds is 4. The number of carbonyl (C=O) groups excluding carboxylic acids is 1. The third-order valence-corrected chi connectivity index (χ3v) is 4.31. The van der Waals surface area contributed by atoms with Crippen molar-refractivity contribution in [2.45, 2.75) is 32.4 Å². The second-order valence-corrected chi connectivity index (χ2v) is 5.94. The van der Waals surface area contributed by atoms with Crippen LogP contribution in [0, 0.1) is 0 Å². The van der Waals surface area contributed by atoms with Crippen LogP contribution in [0.5, 0.6) is 5.75 Å². The molecule has 1 heterocycles. The van der Waals surface area contributed by atoms with Crippen LogP contribution < -0.4 is 5.32 Å². The van der Waals surface area contributed by atoms with Crippen molar-refractivity contribution < 1.29 is 14.6 Å². The van der Waals surface area contributed by atoms with Crippen LogP contribution in [0.25, 0.3) is 0 Å². The van der Waals surface area contributed by atoms with E-state index >= 15 is 0 Å². The maximum Gasteiger partial charge on any atom is 0.409 e. The summed E-state index contributed by atoms with van der Waals surface area (Å²) in [5, 5.41) is 13.4. The molecule has 6 heteroatoms. The fourth-order valence-corrected chi connectivity index (χ4v) is 2.85. The van der Waals surface area contributed by atoms with E-state index in [1.54, 1.807) is 4.90 Å². The van der Waals surface area contributed by atoms with Crippen LogP contribution in [-0.4, -0.2) is 41.8 Å². The zero-order valence-electron chi connectivity index (χ0n) is 12.1. The lowest BCUT2D eigenvalue weighted by Crippen LogP contribution is -2.44. The van der Waals surface area contributed by atoms with Crippen molar-refractivity contribution in [3.05, 3.63) is 28.2 Å². The Labute approximate surface area is 133 Å². The standard InChI is InChI=1S/C15H21BrN2O3/c1-2-21-15(20)18-8-6-12(7-9-18)17-10-11-4-3-5-13(16)14(11)19/h3-5,12,17,19H,2,6-10H2,1H3. The van der Waals surface area contributed by atoms with Crippen LogP contribution in [0.15, 0.2) is 22.7 Å². The molecule has 1 aromatic rings. The summed E-state index contributed by atoms with van der Waals surface area (Å²) >= 11 is 3.31. The first kappa shape index (κ1) is 16.1. The highest BCUT2D eigenvalue weighted by Crippen LogP contribution is 2.27. The number of nitrogens with zero attached hydrogens (tertiary/aromatic N) is 1. The lowest BCUT2D eigenvalue weighted by atomic mass is 10.0. The van der Waals surface area contributed by atoms with Crippen LogP contribution in [0.1, 0.15) is 25.3 Å². The molecule has 1 aliphatic rings. The topological polar surface area (TPSA) is 61.8 Å². The number of likely N-dealkylation sites (tertiary alicyclic amines) is 1. The molecule has 0 saturated carbocycles. The predicted molar refractivity (Wildman–Crippen MR) is 84.3 cm³/mol. The second-order valence-electron chi connectivity index (χ2n) is 5.09. The van der Waals surface area contributed by atoms with E-state index in [0.717, 1.165) is 18.4 Å². The van der Waals surface area contributed by atoms with Gasteiger partial charge in [-0.2, -0.15) is 0 Å². The third kappa shape index (κ3) is 4.35. The molecule has 5 nitrogen and oxygen atoms in total. The van der Waals surface area contributed by atoms with Crippen molar-refractivity contribution in [3.63, 3.8) is 0 Å². The molecule has 0 aromatic heterocycles. The molecule has 0 spiro atoms. The minimum Gasteiger partial charge on any atom is -0.506 e. The Balaban J connectivity index is 1.79. The molecule has 1 aliphatic heterocycles. The van der Waals surface area contributed by atoms with Gasteiger partial charge in [-0.15, -0.1) is 0 Å². The number of halogens is 1. The number of aromatic hydroxyl groups is 1. The number of piperidine rings is 1. The van der Waals surface area contributed by atoms with Crippen molar-refractivity contribution in [1.82, 2.24) is 10.2 Å². The van der Waals surface area contributed by atoms with Gasteiger partial charge in [-0.05, 0) is 41.8 Å². The summed E-state index contributed by atoms with van der Waals surface area (Å²) in [6.07, 6.45) is 1.57. The largest absolute Gasteiger partial charge is 0.506 e. The summed E-state index contributed by atoms with van der Waals surface area (Å²) in [5.41, 5.74) is 0.872. The molecule has 2 N–H and O–H groups in total. The van der Waals surface area contributed by atoms with Gasteiger partial charge in [0.15, 0.2) is 0 Å². The Kier molecular flexibility index (Phi) is 5.87. The van der Waals surface area contributed by atoms with Crippen molar-refractivity contribution in [3.8, 4) is 5.75 Å². The molecular weight excluding hydrogens is 336 g/mol. The zero-order valence-corrected chi connectivity index (χ0v) is 13.7. The Morgan fingerprint density at radius 2 is 2.19 bits per heavy atom. The van der Waals surface area contributed by atoms with Crippen LogP contribution in [0.2, 0.25) is 0 Å². The number of hydrogen-bond donors (Lipinski definition) is 2. The molecule has 116 valence electrons. The first-order chi connectivity index (χ1) is 10.1. The maximum atomic E-state index is 11.6. The predicted octanol–water partition coefficient (Wildman–Crippen LogP) is 2.87. The van der Waals surface area contributed by atoms with Gasteiger partial charge in [0, 0.05) is 31.2 Å². The van der Waals surface area contributed by atoms with Gasteiger partial charge in [-0.1, -0.05) is 12.1 Å². The Bertz CT molecular complexity index is 488. The molecule has 2 rings (SSSR count). The maximum absolute atomic E-state index is 11.6. The molecule has 1 aromatic carbocycles. The molecule has 0 aliphatic carbocycles. The van der Waals surface area contributed by atoms with Gasteiger partial charge in [-0.3, -0.25) is 0 Å². The van der Waals surface area contributed by atoms with Gasteiger partial charge in [0.1, 0.15) is 5.75 Å². The fraction of sp³-hybridized carbons (Fsp3) is 0.533. The average molecular weight is 357 g/mol. The smallest absolute Gasteiger partial charge is 0.409 e. The van der Waals surface area contributed by atoms with E-state index in [2.05, 4.69) is 21.2 Å². The fourth-order valence-electron chi connectivity index (χ4n) is 2.44. The molecule has 0 radical (unpaired) electrons. The molecule has 1 fully saturated rings. The highest BCUT2D eigenvalue weighted by atomic mass is 79.9. The minimum atomic E-state index is -0.222.